The van der Waals surface area contributed by atoms with Gasteiger partial charge in [0.2, 0.25) is 0 Å². The molecule has 180 valence electrons. The lowest BCUT2D eigenvalue weighted by atomic mass is 9.96. The summed E-state index contributed by atoms with van der Waals surface area (Å²) in [4.78, 5) is 24.7. The Morgan fingerprint density at radius 2 is 1.72 bits per heavy atom. The molecule has 36 heavy (non-hydrogen) atoms. The van der Waals surface area contributed by atoms with Gasteiger partial charge in [-0.1, -0.05) is 59.7 Å². The minimum atomic E-state index is -0.863. The van der Waals surface area contributed by atoms with Gasteiger partial charge in [0.1, 0.15) is 5.69 Å². The fraction of sp³-hybridized carbons (Fsp3) is 0.222. The lowest BCUT2D eigenvalue weighted by molar-refractivity contribution is -0.119. The molecule has 0 radical (unpaired) electrons. The van der Waals surface area contributed by atoms with E-state index in [-0.39, 0.29) is 24.1 Å². The summed E-state index contributed by atoms with van der Waals surface area (Å²) in [6.07, 6.45) is 1.18. The van der Waals surface area contributed by atoms with Gasteiger partial charge in [-0.3, -0.25) is 9.79 Å². The smallest absolute Gasteiger partial charge is 0.317 e. The zero-order chi connectivity index (χ0) is 24.3. The number of rotatable bonds is 5. The molecule has 1 fully saturated rings. The fourth-order valence-corrected chi connectivity index (χ4v) is 4.42. The number of hydrogen-bond donors (Lipinski definition) is 1. The summed E-state index contributed by atoms with van der Waals surface area (Å²) in [7, 11) is 0. The highest BCUT2D eigenvalue weighted by molar-refractivity contribution is 6.16. The van der Waals surface area contributed by atoms with Crippen molar-refractivity contribution in [2.75, 3.05) is 36.5 Å². The maximum absolute atomic E-state index is 13.1. The van der Waals surface area contributed by atoms with Crippen LogP contribution in [0.15, 0.2) is 82.3 Å². The number of nitrogens with one attached hydrogen (secondary N) is 1. The Hall–Kier alpha value is -4.37. The topological polar surface area (TPSA) is 106 Å². The highest BCUT2D eigenvalue weighted by Crippen LogP contribution is 2.25. The van der Waals surface area contributed by atoms with Crippen LogP contribution < -0.4 is 10.2 Å². The summed E-state index contributed by atoms with van der Waals surface area (Å²) in [5.41, 5.74) is 5.13. The van der Waals surface area contributed by atoms with E-state index in [4.69, 9.17) is 14.1 Å². The number of carbonyl (C=O) groups excluding carboxylic acids is 1. The summed E-state index contributed by atoms with van der Waals surface area (Å²) >= 11 is 0. The second kappa shape index (κ2) is 9.71. The zero-order valence-electron chi connectivity index (χ0n) is 19.5. The van der Waals surface area contributed by atoms with Crippen molar-refractivity contribution in [2.24, 2.45) is 4.99 Å². The highest BCUT2D eigenvalue weighted by Gasteiger charge is 2.27. The molecule has 2 aromatic heterocycles. The molecule has 0 aliphatic carbocycles. The molecular weight excluding hydrogens is 456 g/mol. The Morgan fingerprint density at radius 3 is 2.53 bits per heavy atom. The number of benzene rings is 2. The molecule has 0 bridgehead atoms. The van der Waals surface area contributed by atoms with Gasteiger partial charge >= 0.3 is 6.01 Å². The van der Waals surface area contributed by atoms with Crippen LogP contribution in [0.5, 0.6) is 0 Å². The maximum Gasteiger partial charge on any atom is 0.317 e. The van der Waals surface area contributed by atoms with E-state index in [0.717, 1.165) is 41.2 Å². The molecule has 4 aromatic rings. The summed E-state index contributed by atoms with van der Waals surface area (Å²) in [6, 6.07) is 21.6. The maximum atomic E-state index is 13.1. The summed E-state index contributed by atoms with van der Waals surface area (Å²) in [5, 5.41) is 11.3. The first-order chi connectivity index (χ1) is 17.7. The zero-order valence-corrected chi connectivity index (χ0v) is 19.5. The van der Waals surface area contributed by atoms with Gasteiger partial charge < -0.3 is 19.4 Å². The van der Waals surface area contributed by atoms with Crippen LogP contribution in [0, 0.1) is 0 Å². The highest BCUT2D eigenvalue weighted by atomic mass is 16.5. The van der Waals surface area contributed by atoms with Crippen molar-refractivity contribution in [3.8, 4) is 11.6 Å². The van der Waals surface area contributed by atoms with Gasteiger partial charge in [-0.25, -0.2) is 4.98 Å². The molecule has 1 N–H and O–H groups in total. The molecule has 1 atom stereocenters. The van der Waals surface area contributed by atoms with Crippen LogP contribution in [-0.4, -0.2) is 59.1 Å². The Balaban J connectivity index is 1.25. The van der Waals surface area contributed by atoms with E-state index in [9.17, 15) is 4.79 Å². The predicted molar refractivity (Wildman–Crippen MR) is 135 cm³/mol. The Labute approximate surface area is 207 Å². The number of anilines is 2. The fourth-order valence-electron chi connectivity index (χ4n) is 4.42. The number of hydrogen-bond acceptors (Lipinski definition) is 9. The van der Waals surface area contributed by atoms with E-state index in [1.807, 2.05) is 66.7 Å². The second-order valence-electron chi connectivity index (χ2n) is 8.60. The number of fused-ring (bicyclic) bond motifs is 1. The van der Waals surface area contributed by atoms with Crippen LogP contribution in [0.2, 0.25) is 0 Å². The van der Waals surface area contributed by atoms with Crippen LogP contribution in [0.25, 0.3) is 11.6 Å². The van der Waals surface area contributed by atoms with E-state index in [1.165, 1.54) is 0 Å². The molecule has 2 aliphatic heterocycles. The van der Waals surface area contributed by atoms with Crippen LogP contribution in [0.4, 0.5) is 11.7 Å². The number of carbonyl (C=O) groups is 1. The van der Waals surface area contributed by atoms with Crippen molar-refractivity contribution >= 4 is 23.2 Å². The van der Waals surface area contributed by atoms with Crippen molar-refractivity contribution in [2.45, 2.75) is 12.6 Å². The molecule has 0 unspecified atom stereocenters. The number of ether oxygens (including phenoxy) is 1. The van der Waals surface area contributed by atoms with Gasteiger partial charge in [-0.2, -0.15) is 0 Å². The van der Waals surface area contributed by atoms with Crippen LogP contribution in [0.3, 0.4) is 0 Å². The van der Waals surface area contributed by atoms with Crippen LogP contribution in [-0.2, 0) is 16.0 Å². The predicted octanol–water partition coefficient (Wildman–Crippen LogP) is 3.37. The molecule has 2 aromatic carbocycles. The van der Waals surface area contributed by atoms with Crippen molar-refractivity contribution in [1.82, 2.24) is 15.2 Å². The minimum absolute atomic E-state index is 0.0823. The molecule has 0 saturated carbocycles. The standard InChI is InChI=1S/C27H24N6O3/c34-23-16-19-8-4-5-9-21(19)24(18-6-2-1-3-7-18)29-25(23)30-27-32-31-26(36-27)22-11-10-20(17-28-22)33-12-14-35-15-13-33/h1-11,17,25H,12-16H2,(H,30,32)/t25-/m1/s1. The molecule has 1 saturated heterocycles. The van der Waals surface area contributed by atoms with Gasteiger partial charge in [-0.05, 0) is 17.7 Å². The average Bonchev–Trinajstić information content (AvgIpc) is 3.36. The number of aromatic nitrogens is 3. The third kappa shape index (κ3) is 4.48. The first kappa shape index (κ1) is 22.1. The number of ketones is 1. The molecule has 6 rings (SSSR count). The Morgan fingerprint density at radius 1 is 0.917 bits per heavy atom. The number of pyridine rings is 1. The summed E-state index contributed by atoms with van der Waals surface area (Å²) < 4.78 is 11.2. The second-order valence-corrected chi connectivity index (χ2v) is 8.60. The first-order valence-corrected chi connectivity index (χ1v) is 11.9. The van der Waals surface area contributed by atoms with E-state index in [1.54, 1.807) is 6.20 Å². The Kier molecular flexibility index (Phi) is 5.96. The van der Waals surface area contributed by atoms with Crippen molar-refractivity contribution in [1.29, 1.82) is 0 Å². The Bertz CT molecular complexity index is 1390. The molecule has 9 nitrogen and oxygen atoms in total. The first-order valence-electron chi connectivity index (χ1n) is 11.9. The quantitative estimate of drug-likeness (QED) is 0.464. The number of aliphatic imine (C=N–C) groups is 1. The number of Topliss-reactive ketones (excluding diaryl/α,β-unsaturated/α-hetero) is 1. The third-order valence-corrected chi connectivity index (χ3v) is 6.28. The molecule has 4 heterocycles. The average molecular weight is 481 g/mol. The van der Waals surface area contributed by atoms with Gasteiger partial charge in [0, 0.05) is 30.6 Å². The third-order valence-electron chi connectivity index (χ3n) is 6.28. The van der Waals surface area contributed by atoms with Gasteiger partial charge in [0.05, 0.1) is 30.8 Å². The van der Waals surface area contributed by atoms with E-state index >= 15 is 0 Å². The summed E-state index contributed by atoms with van der Waals surface area (Å²) in [5.74, 6) is 0.184. The molecular formula is C27H24N6O3. The van der Waals surface area contributed by atoms with E-state index in [0.29, 0.717) is 18.9 Å². The van der Waals surface area contributed by atoms with Gasteiger partial charge in [0.15, 0.2) is 11.9 Å². The van der Waals surface area contributed by atoms with E-state index in [2.05, 4.69) is 25.4 Å². The lowest BCUT2D eigenvalue weighted by Crippen LogP contribution is -2.36. The van der Waals surface area contributed by atoms with Crippen LogP contribution >= 0.6 is 0 Å². The molecule has 0 amide bonds. The van der Waals surface area contributed by atoms with Gasteiger partial charge in [-0.15, -0.1) is 5.10 Å². The largest absolute Gasteiger partial charge is 0.402 e. The SMILES string of the molecule is O=C1Cc2ccccc2C(c2ccccc2)=N[C@@H]1Nc1nnc(-c2ccc(N3CCOCC3)cn2)o1. The van der Waals surface area contributed by atoms with Crippen LogP contribution in [0.1, 0.15) is 16.7 Å². The summed E-state index contributed by atoms with van der Waals surface area (Å²) in [6.45, 7) is 3.08. The normalized spacial score (nSPS) is 17.8. The number of nitrogens with zero attached hydrogens (tertiary/aromatic N) is 5. The molecule has 9 heteroatoms. The van der Waals surface area contributed by atoms with Gasteiger partial charge in [0.25, 0.3) is 5.89 Å². The lowest BCUT2D eigenvalue weighted by Gasteiger charge is -2.28. The van der Waals surface area contributed by atoms with Crippen molar-refractivity contribution in [3.05, 3.63) is 89.6 Å². The monoisotopic (exact) mass is 480 g/mol. The van der Waals surface area contributed by atoms with Crippen molar-refractivity contribution < 1.29 is 13.9 Å². The molecule has 0 spiro atoms. The van der Waals surface area contributed by atoms with Crippen molar-refractivity contribution in [3.63, 3.8) is 0 Å². The molecule has 2 aliphatic rings. The number of morpholine rings is 1. The minimum Gasteiger partial charge on any atom is -0.402 e. The van der Waals surface area contributed by atoms with E-state index < -0.39 is 6.17 Å².